The van der Waals surface area contributed by atoms with E-state index in [1.54, 1.807) is 12.1 Å². The summed E-state index contributed by atoms with van der Waals surface area (Å²) >= 11 is 0. The molecule has 1 N–H and O–H groups in total. The normalized spacial score (nSPS) is 15.3. The van der Waals surface area contributed by atoms with Crippen molar-refractivity contribution in [3.8, 4) is 0 Å². The van der Waals surface area contributed by atoms with Crippen LogP contribution in [0.3, 0.4) is 0 Å². The summed E-state index contributed by atoms with van der Waals surface area (Å²) in [5, 5.41) is 8.91. The summed E-state index contributed by atoms with van der Waals surface area (Å²) in [6, 6.07) is 6.47. The molecule has 1 amide bonds. The van der Waals surface area contributed by atoms with E-state index >= 15 is 0 Å². The quantitative estimate of drug-likeness (QED) is 0.321. The van der Waals surface area contributed by atoms with Gasteiger partial charge in [-0.05, 0) is 19.1 Å². The van der Waals surface area contributed by atoms with E-state index in [9.17, 15) is 13.2 Å². The van der Waals surface area contributed by atoms with E-state index in [-0.39, 0.29) is 18.1 Å². The fraction of sp³-hybridized carbons (Fsp3) is 0.650. The first-order valence-corrected chi connectivity index (χ1v) is 11.7. The Hall–Kier alpha value is -1.76. The maximum absolute atomic E-state index is 12.0. The first-order chi connectivity index (χ1) is 14.9. The van der Waals surface area contributed by atoms with Crippen LogP contribution in [0, 0.1) is 6.92 Å². The molecule has 1 fully saturated rings. The molecule has 1 aliphatic rings. The Bertz CT molecular complexity index is 749. The Morgan fingerprint density at radius 2 is 1.39 bits per heavy atom. The van der Waals surface area contributed by atoms with Crippen molar-refractivity contribution in [2.45, 2.75) is 11.8 Å². The molecule has 0 aliphatic carbocycles. The first-order valence-electron chi connectivity index (χ1n) is 10.3. The summed E-state index contributed by atoms with van der Waals surface area (Å²) < 4.78 is 45.2. The number of nitrogens with zero attached hydrogens (tertiary/aromatic N) is 2. The van der Waals surface area contributed by atoms with Gasteiger partial charge in [-0.25, -0.2) is 4.79 Å². The van der Waals surface area contributed by atoms with Gasteiger partial charge in [0.2, 0.25) is 0 Å². The van der Waals surface area contributed by atoms with E-state index in [1.165, 1.54) is 17.0 Å². The summed E-state index contributed by atoms with van der Waals surface area (Å²) in [4.78, 5) is 14.6. The molecule has 1 aromatic carbocycles. The fourth-order valence-electron chi connectivity index (χ4n) is 2.87. The van der Waals surface area contributed by atoms with Crippen LogP contribution in [-0.2, 0) is 28.5 Å². The van der Waals surface area contributed by atoms with Crippen LogP contribution in [-0.4, -0.2) is 108 Å². The van der Waals surface area contributed by atoms with Gasteiger partial charge in [0, 0.05) is 32.7 Å². The molecular weight excluding hydrogens is 428 g/mol. The lowest BCUT2D eigenvalue weighted by Crippen LogP contribution is -2.49. The number of aryl methyl sites for hydroxylation is 1. The predicted octanol–water partition coefficient (Wildman–Crippen LogP) is 1.05. The van der Waals surface area contributed by atoms with Crippen LogP contribution in [0.2, 0.25) is 0 Å². The highest BCUT2D eigenvalue weighted by Crippen LogP contribution is 2.12. The molecule has 1 aliphatic heterocycles. The number of carbonyl (C=O) groups is 1. The molecule has 0 unspecified atom stereocenters. The van der Waals surface area contributed by atoms with E-state index in [4.69, 9.17) is 23.5 Å². The summed E-state index contributed by atoms with van der Waals surface area (Å²) in [5.74, 6) is 0. The smallest absolute Gasteiger partial charge is 0.407 e. The number of amides is 1. The van der Waals surface area contributed by atoms with Crippen LogP contribution in [0.5, 0.6) is 0 Å². The van der Waals surface area contributed by atoms with Crippen LogP contribution < -0.4 is 0 Å². The molecule has 2 rings (SSSR count). The Morgan fingerprint density at radius 3 is 1.94 bits per heavy atom. The van der Waals surface area contributed by atoms with Crippen molar-refractivity contribution >= 4 is 16.2 Å². The summed E-state index contributed by atoms with van der Waals surface area (Å²) in [6.07, 6.45) is -0.864. The SMILES string of the molecule is Cc1ccc(S(=O)(=O)OCCOCCOCCOCCN2CCN(C(=O)O)CC2)cc1. The molecule has 31 heavy (non-hydrogen) atoms. The van der Waals surface area contributed by atoms with E-state index in [0.29, 0.717) is 46.1 Å². The molecule has 0 spiro atoms. The number of carboxylic acid groups (broad SMARTS) is 1. The number of hydrogen-bond donors (Lipinski definition) is 1. The van der Waals surface area contributed by atoms with Gasteiger partial charge in [-0.3, -0.25) is 9.08 Å². The van der Waals surface area contributed by atoms with Crippen molar-refractivity contribution in [3.05, 3.63) is 29.8 Å². The van der Waals surface area contributed by atoms with Gasteiger partial charge in [-0.2, -0.15) is 8.42 Å². The number of benzene rings is 1. The molecule has 0 atom stereocenters. The van der Waals surface area contributed by atoms with Gasteiger partial charge in [0.05, 0.1) is 51.1 Å². The second-order valence-electron chi connectivity index (χ2n) is 7.04. The van der Waals surface area contributed by atoms with E-state index in [2.05, 4.69) is 4.90 Å². The van der Waals surface area contributed by atoms with Crippen molar-refractivity contribution in [2.24, 2.45) is 0 Å². The largest absolute Gasteiger partial charge is 0.465 e. The monoisotopic (exact) mass is 460 g/mol. The van der Waals surface area contributed by atoms with Gasteiger partial charge >= 0.3 is 6.09 Å². The lowest BCUT2D eigenvalue weighted by molar-refractivity contribution is 0.00441. The maximum atomic E-state index is 12.0. The number of ether oxygens (including phenoxy) is 3. The minimum atomic E-state index is -3.76. The second kappa shape index (κ2) is 13.6. The van der Waals surface area contributed by atoms with E-state index < -0.39 is 16.2 Å². The molecular formula is C20H32N2O8S. The highest BCUT2D eigenvalue weighted by atomic mass is 32.2. The van der Waals surface area contributed by atoms with Gasteiger partial charge in [0.25, 0.3) is 10.1 Å². The second-order valence-corrected chi connectivity index (χ2v) is 8.65. The summed E-state index contributed by atoms with van der Waals surface area (Å²) in [6.45, 7) is 7.44. The molecule has 176 valence electrons. The molecule has 1 aromatic rings. The zero-order valence-corrected chi connectivity index (χ0v) is 18.7. The summed E-state index contributed by atoms with van der Waals surface area (Å²) in [7, 11) is -3.76. The van der Waals surface area contributed by atoms with Gasteiger partial charge in [0.15, 0.2) is 0 Å². The van der Waals surface area contributed by atoms with Crippen molar-refractivity contribution in [2.75, 3.05) is 79.0 Å². The summed E-state index contributed by atoms with van der Waals surface area (Å²) in [5.41, 5.74) is 0.976. The molecule has 0 radical (unpaired) electrons. The zero-order chi connectivity index (χ0) is 22.5. The molecule has 0 saturated carbocycles. The van der Waals surface area contributed by atoms with Crippen molar-refractivity contribution in [3.63, 3.8) is 0 Å². The molecule has 10 nitrogen and oxygen atoms in total. The predicted molar refractivity (Wildman–Crippen MR) is 113 cm³/mol. The highest BCUT2D eigenvalue weighted by Gasteiger charge is 2.19. The van der Waals surface area contributed by atoms with Gasteiger partial charge in [-0.1, -0.05) is 17.7 Å². The minimum Gasteiger partial charge on any atom is -0.465 e. The number of hydrogen-bond acceptors (Lipinski definition) is 8. The van der Waals surface area contributed by atoms with Crippen LogP contribution >= 0.6 is 0 Å². The first kappa shape index (κ1) is 25.5. The average Bonchev–Trinajstić information content (AvgIpc) is 2.75. The average molecular weight is 461 g/mol. The lowest BCUT2D eigenvalue weighted by Gasteiger charge is -2.32. The Balaban J connectivity index is 1.38. The zero-order valence-electron chi connectivity index (χ0n) is 17.9. The topological polar surface area (TPSA) is 115 Å². The molecule has 0 bridgehead atoms. The minimum absolute atomic E-state index is 0.0555. The van der Waals surface area contributed by atoms with Crippen LogP contribution in [0.25, 0.3) is 0 Å². The standard InChI is InChI=1S/C20H32N2O8S/c1-18-2-4-19(5-3-18)31(25,26)30-17-16-29-15-14-28-13-12-27-11-10-21-6-8-22(9-7-21)20(23)24/h2-5H,6-17H2,1H3,(H,23,24). The fourth-order valence-corrected chi connectivity index (χ4v) is 3.77. The van der Waals surface area contributed by atoms with Crippen LogP contribution in [0.1, 0.15) is 5.56 Å². The van der Waals surface area contributed by atoms with E-state index in [0.717, 1.165) is 25.2 Å². The number of rotatable bonds is 14. The number of piperazine rings is 1. The van der Waals surface area contributed by atoms with Crippen LogP contribution in [0.4, 0.5) is 4.79 Å². The van der Waals surface area contributed by atoms with Gasteiger partial charge < -0.3 is 24.2 Å². The van der Waals surface area contributed by atoms with E-state index in [1.807, 2.05) is 6.92 Å². The Labute approximate surface area is 183 Å². The molecule has 1 saturated heterocycles. The maximum Gasteiger partial charge on any atom is 0.407 e. The Morgan fingerprint density at radius 1 is 0.871 bits per heavy atom. The third-order valence-electron chi connectivity index (χ3n) is 4.71. The van der Waals surface area contributed by atoms with Crippen LogP contribution in [0.15, 0.2) is 29.2 Å². The van der Waals surface area contributed by atoms with Crippen molar-refractivity contribution in [1.29, 1.82) is 0 Å². The molecule has 1 heterocycles. The van der Waals surface area contributed by atoms with Gasteiger partial charge in [0.1, 0.15) is 0 Å². The highest BCUT2D eigenvalue weighted by molar-refractivity contribution is 7.86. The third-order valence-corrected chi connectivity index (χ3v) is 6.04. The molecule has 11 heteroatoms. The lowest BCUT2D eigenvalue weighted by atomic mass is 10.2. The Kier molecular flexibility index (Phi) is 11.2. The molecule has 0 aromatic heterocycles. The van der Waals surface area contributed by atoms with Crippen molar-refractivity contribution in [1.82, 2.24) is 9.80 Å². The van der Waals surface area contributed by atoms with Gasteiger partial charge in [-0.15, -0.1) is 0 Å². The van der Waals surface area contributed by atoms with Crippen molar-refractivity contribution < 1.29 is 36.7 Å². The third kappa shape index (κ3) is 9.93.